The van der Waals surface area contributed by atoms with Gasteiger partial charge in [-0.05, 0) is 42.5 Å². The van der Waals surface area contributed by atoms with E-state index in [0.717, 1.165) is 25.2 Å². The maximum absolute atomic E-state index is 13.0. The van der Waals surface area contributed by atoms with Crippen molar-refractivity contribution in [2.75, 3.05) is 31.1 Å². The molecule has 4 rings (SSSR count). The Hall–Kier alpha value is -2.01. The molecule has 1 aliphatic heterocycles. The van der Waals surface area contributed by atoms with E-state index in [1.165, 1.54) is 0 Å². The van der Waals surface area contributed by atoms with Crippen LogP contribution in [0.25, 0.3) is 0 Å². The van der Waals surface area contributed by atoms with E-state index in [0.29, 0.717) is 18.1 Å². The first-order chi connectivity index (χ1) is 12.0. The zero-order valence-corrected chi connectivity index (χ0v) is 14.6. The van der Waals surface area contributed by atoms with Crippen LogP contribution >= 0.6 is 11.6 Å². The number of piperazine rings is 1. The molecule has 1 heterocycles. The van der Waals surface area contributed by atoms with Crippen molar-refractivity contribution in [1.82, 2.24) is 4.90 Å². The lowest BCUT2D eigenvalue weighted by Gasteiger charge is -2.38. The zero-order valence-electron chi connectivity index (χ0n) is 13.8. The summed E-state index contributed by atoms with van der Waals surface area (Å²) in [6.07, 6.45) is 4.82. The number of carboxylic acid groups (broad SMARTS) is 1. The normalized spacial score (nSPS) is 30.8. The third kappa shape index (κ3) is 2.91. The van der Waals surface area contributed by atoms with Crippen molar-refractivity contribution < 1.29 is 14.7 Å². The molecule has 2 fully saturated rings. The predicted molar refractivity (Wildman–Crippen MR) is 95.6 cm³/mol. The van der Waals surface area contributed by atoms with Crippen molar-refractivity contribution in [2.24, 2.45) is 23.7 Å². The van der Waals surface area contributed by atoms with Gasteiger partial charge >= 0.3 is 5.97 Å². The monoisotopic (exact) mass is 360 g/mol. The molecule has 5 nitrogen and oxygen atoms in total. The molecule has 2 aliphatic carbocycles. The van der Waals surface area contributed by atoms with E-state index < -0.39 is 17.8 Å². The molecule has 0 spiro atoms. The van der Waals surface area contributed by atoms with Gasteiger partial charge < -0.3 is 14.9 Å². The number of rotatable bonds is 3. The average Bonchev–Trinajstić information content (AvgIpc) is 3.23. The number of nitrogens with zero attached hydrogens (tertiary/aromatic N) is 2. The number of carbonyl (C=O) groups is 2. The van der Waals surface area contributed by atoms with Crippen molar-refractivity contribution >= 4 is 29.2 Å². The minimum atomic E-state index is -0.838. The fourth-order valence-corrected chi connectivity index (χ4v) is 4.67. The highest BCUT2D eigenvalue weighted by Crippen LogP contribution is 2.48. The SMILES string of the molecule is O=C(O)[C@@H]1[C@@H](C(=O)N2CCN(c3ccc(Cl)cc3)CC2)[C@@H]2C=C[C@H]1C2. The van der Waals surface area contributed by atoms with E-state index in [1.807, 2.05) is 41.3 Å². The number of amides is 1. The highest BCUT2D eigenvalue weighted by atomic mass is 35.5. The quantitative estimate of drug-likeness (QED) is 0.841. The Bertz CT molecular complexity index is 710. The second-order valence-corrected chi connectivity index (χ2v) is 7.56. The summed E-state index contributed by atoms with van der Waals surface area (Å²) in [7, 11) is 0. The summed E-state index contributed by atoms with van der Waals surface area (Å²) in [6.45, 7) is 2.76. The number of fused-ring (bicyclic) bond motifs is 2. The Morgan fingerprint density at radius 1 is 0.960 bits per heavy atom. The van der Waals surface area contributed by atoms with Crippen molar-refractivity contribution in [3.63, 3.8) is 0 Å². The third-order valence-corrected chi connectivity index (χ3v) is 6.06. The summed E-state index contributed by atoms with van der Waals surface area (Å²) in [5.74, 6) is -1.67. The summed E-state index contributed by atoms with van der Waals surface area (Å²) in [4.78, 5) is 28.7. The number of carboxylic acids is 1. The van der Waals surface area contributed by atoms with Gasteiger partial charge in [0, 0.05) is 36.9 Å². The molecule has 1 amide bonds. The molecule has 4 atom stereocenters. The van der Waals surface area contributed by atoms with Gasteiger partial charge in [0.15, 0.2) is 0 Å². The zero-order chi connectivity index (χ0) is 17.6. The van der Waals surface area contributed by atoms with E-state index in [4.69, 9.17) is 11.6 Å². The molecule has 1 N–H and O–H groups in total. The number of hydrogen-bond donors (Lipinski definition) is 1. The summed E-state index contributed by atoms with van der Waals surface area (Å²) in [5, 5.41) is 10.3. The van der Waals surface area contributed by atoms with Crippen LogP contribution in [0, 0.1) is 23.7 Å². The van der Waals surface area contributed by atoms with Crippen LogP contribution in [0.15, 0.2) is 36.4 Å². The first-order valence-electron chi connectivity index (χ1n) is 8.75. The van der Waals surface area contributed by atoms with E-state index in [2.05, 4.69) is 4.90 Å². The lowest BCUT2D eigenvalue weighted by atomic mass is 9.82. The minimum Gasteiger partial charge on any atom is -0.481 e. The highest BCUT2D eigenvalue weighted by Gasteiger charge is 2.52. The summed E-state index contributed by atoms with van der Waals surface area (Å²) in [6, 6.07) is 7.71. The number of halogens is 1. The molecule has 1 saturated carbocycles. The van der Waals surface area contributed by atoms with Crippen molar-refractivity contribution in [2.45, 2.75) is 6.42 Å². The highest BCUT2D eigenvalue weighted by molar-refractivity contribution is 6.30. The summed E-state index contributed by atoms with van der Waals surface area (Å²) in [5.41, 5.74) is 1.10. The Balaban J connectivity index is 1.42. The van der Waals surface area contributed by atoms with Crippen LogP contribution < -0.4 is 4.90 Å². The van der Waals surface area contributed by atoms with Gasteiger partial charge in [-0.1, -0.05) is 23.8 Å². The lowest BCUT2D eigenvalue weighted by Crippen LogP contribution is -2.52. The van der Waals surface area contributed by atoms with Crippen LogP contribution in [0.3, 0.4) is 0 Å². The molecular formula is C19H21ClN2O3. The fourth-order valence-electron chi connectivity index (χ4n) is 4.54. The van der Waals surface area contributed by atoms with Crippen LogP contribution in [0.4, 0.5) is 5.69 Å². The predicted octanol–water partition coefficient (Wildman–Crippen LogP) is 2.51. The van der Waals surface area contributed by atoms with E-state index in [9.17, 15) is 14.7 Å². The maximum atomic E-state index is 13.0. The van der Waals surface area contributed by atoms with Gasteiger partial charge in [0.25, 0.3) is 0 Å². The van der Waals surface area contributed by atoms with Crippen LogP contribution in [0.1, 0.15) is 6.42 Å². The van der Waals surface area contributed by atoms with Crippen LogP contribution in [0.2, 0.25) is 5.02 Å². The van der Waals surface area contributed by atoms with Gasteiger partial charge in [-0.2, -0.15) is 0 Å². The molecule has 1 aromatic carbocycles. The number of anilines is 1. The standard InChI is InChI=1S/C19H21ClN2O3/c20-14-3-5-15(6-4-14)21-7-9-22(10-8-21)18(23)16-12-1-2-13(11-12)17(16)19(24)25/h1-6,12-13,16-17H,7-11H2,(H,24,25)/t12-,13+,16+,17+/m1/s1. The molecular weight excluding hydrogens is 340 g/mol. The van der Waals surface area contributed by atoms with Crippen LogP contribution in [-0.4, -0.2) is 48.1 Å². The topological polar surface area (TPSA) is 60.9 Å². The van der Waals surface area contributed by atoms with Crippen LogP contribution in [-0.2, 0) is 9.59 Å². The van der Waals surface area contributed by atoms with Crippen LogP contribution in [0.5, 0.6) is 0 Å². The Morgan fingerprint density at radius 2 is 1.56 bits per heavy atom. The number of aliphatic carboxylic acids is 1. The second-order valence-electron chi connectivity index (χ2n) is 7.13. The third-order valence-electron chi connectivity index (χ3n) is 5.81. The first kappa shape index (κ1) is 16.5. The van der Waals surface area contributed by atoms with Crippen molar-refractivity contribution in [1.29, 1.82) is 0 Å². The maximum Gasteiger partial charge on any atom is 0.307 e. The van der Waals surface area contributed by atoms with Gasteiger partial charge in [-0.15, -0.1) is 0 Å². The lowest BCUT2D eigenvalue weighted by molar-refractivity contribution is -0.151. The van der Waals surface area contributed by atoms with Gasteiger partial charge in [-0.25, -0.2) is 0 Å². The summed E-state index contributed by atoms with van der Waals surface area (Å²) < 4.78 is 0. The van der Waals surface area contributed by atoms with Crippen molar-refractivity contribution in [3.05, 3.63) is 41.4 Å². The molecule has 0 aromatic heterocycles. The molecule has 0 unspecified atom stereocenters. The van der Waals surface area contributed by atoms with Crippen molar-refractivity contribution in [3.8, 4) is 0 Å². The molecule has 0 radical (unpaired) electrons. The molecule has 25 heavy (non-hydrogen) atoms. The fraction of sp³-hybridized carbons (Fsp3) is 0.474. The molecule has 1 aromatic rings. The van der Waals surface area contributed by atoms with Gasteiger partial charge in [0.05, 0.1) is 11.8 Å². The molecule has 2 bridgehead atoms. The number of hydrogen-bond acceptors (Lipinski definition) is 3. The second kappa shape index (κ2) is 6.37. The minimum absolute atomic E-state index is 0.0139. The van der Waals surface area contributed by atoms with Gasteiger partial charge in [0.1, 0.15) is 0 Å². The number of benzene rings is 1. The Morgan fingerprint density at radius 3 is 2.16 bits per heavy atom. The van der Waals surface area contributed by atoms with E-state index in [-0.39, 0.29) is 17.7 Å². The van der Waals surface area contributed by atoms with Gasteiger partial charge in [0.2, 0.25) is 5.91 Å². The average molecular weight is 361 g/mol. The molecule has 6 heteroatoms. The van der Waals surface area contributed by atoms with E-state index in [1.54, 1.807) is 0 Å². The van der Waals surface area contributed by atoms with Gasteiger partial charge in [-0.3, -0.25) is 9.59 Å². The summed E-state index contributed by atoms with van der Waals surface area (Å²) >= 11 is 5.93. The smallest absolute Gasteiger partial charge is 0.307 e. The molecule has 132 valence electrons. The largest absolute Gasteiger partial charge is 0.481 e. The number of allylic oxidation sites excluding steroid dienone is 2. The molecule has 3 aliphatic rings. The Kier molecular flexibility index (Phi) is 4.20. The Labute approximate surface area is 151 Å². The molecule has 1 saturated heterocycles. The van der Waals surface area contributed by atoms with E-state index >= 15 is 0 Å². The first-order valence-corrected chi connectivity index (χ1v) is 9.13. The number of carbonyl (C=O) groups excluding carboxylic acids is 1.